The first kappa shape index (κ1) is 21.4. The summed E-state index contributed by atoms with van der Waals surface area (Å²) in [5.41, 5.74) is 0.626. The third-order valence-corrected chi connectivity index (χ3v) is 5.57. The van der Waals surface area contributed by atoms with Gasteiger partial charge in [-0.05, 0) is 19.8 Å². The Labute approximate surface area is 165 Å². The summed E-state index contributed by atoms with van der Waals surface area (Å²) >= 11 is 1.14. The highest BCUT2D eigenvalue weighted by molar-refractivity contribution is 8.14. The minimum atomic E-state index is -0.406. The molecule has 0 aromatic heterocycles. The number of amides is 1. The van der Waals surface area contributed by atoms with E-state index in [4.69, 9.17) is 4.74 Å². The number of esters is 1. The molecule has 0 bridgehead atoms. The summed E-state index contributed by atoms with van der Waals surface area (Å²) in [5.74, 6) is -0.548. The molecule has 148 valence electrons. The van der Waals surface area contributed by atoms with Crippen molar-refractivity contribution in [2.24, 2.45) is 5.92 Å². The molecule has 1 heterocycles. The number of hydrazine groups is 1. The molecule has 1 saturated heterocycles. The molecule has 0 aliphatic carbocycles. The van der Waals surface area contributed by atoms with Crippen LogP contribution in [-0.4, -0.2) is 59.0 Å². The number of benzene rings is 1. The third-order valence-electron chi connectivity index (χ3n) is 4.41. The van der Waals surface area contributed by atoms with Gasteiger partial charge in [-0.25, -0.2) is 5.01 Å². The van der Waals surface area contributed by atoms with Gasteiger partial charge in [0.2, 0.25) is 11.0 Å². The van der Waals surface area contributed by atoms with Crippen molar-refractivity contribution < 1.29 is 19.1 Å². The lowest BCUT2D eigenvalue weighted by molar-refractivity contribution is -0.165. The van der Waals surface area contributed by atoms with E-state index in [1.807, 2.05) is 23.2 Å². The largest absolute Gasteiger partial charge is 0.465 e. The van der Waals surface area contributed by atoms with Crippen LogP contribution in [0.5, 0.6) is 0 Å². The van der Waals surface area contributed by atoms with Gasteiger partial charge in [-0.3, -0.25) is 19.4 Å². The Balaban J connectivity index is 1.97. The first-order valence-corrected chi connectivity index (χ1v) is 10.5. The zero-order valence-corrected chi connectivity index (χ0v) is 16.9. The first-order valence-electron chi connectivity index (χ1n) is 9.47. The van der Waals surface area contributed by atoms with Crippen LogP contribution in [0.15, 0.2) is 30.3 Å². The van der Waals surface area contributed by atoms with Gasteiger partial charge in [-0.15, -0.1) is 0 Å². The lowest BCUT2D eigenvalue weighted by atomic mass is 10.1. The number of rotatable bonds is 8. The van der Waals surface area contributed by atoms with Gasteiger partial charge in [-0.1, -0.05) is 55.4 Å². The summed E-state index contributed by atoms with van der Waals surface area (Å²) in [7, 11) is 0. The van der Waals surface area contributed by atoms with Crippen LogP contribution in [0.2, 0.25) is 0 Å². The number of hydrogen-bond donors (Lipinski definition) is 0. The predicted octanol–water partition coefficient (Wildman–Crippen LogP) is 2.99. The van der Waals surface area contributed by atoms with Crippen molar-refractivity contribution in [3.63, 3.8) is 0 Å². The molecular formula is C20H28N2O4S. The Kier molecular flexibility index (Phi) is 8.81. The molecule has 27 heavy (non-hydrogen) atoms. The van der Waals surface area contributed by atoms with E-state index in [-0.39, 0.29) is 30.1 Å². The summed E-state index contributed by atoms with van der Waals surface area (Å²) in [5, 5.41) is 3.42. The molecule has 1 aromatic carbocycles. The fourth-order valence-corrected chi connectivity index (χ4v) is 3.80. The second-order valence-electron chi connectivity index (χ2n) is 6.58. The lowest BCUT2D eigenvalue weighted by Gasteiger charge is -2.38. The molecule has 1 aromatic rings. The molecule has 0 N–H and O–H groups in total. The summed E-state index contributed by atoms with van der Waals surface area (Å²) in [4.78, 5) is 37.2. The van der Waals surface area contributed by atoms with Crippen molar-refractivity contribution in [1.82, 2.24) is 10.0 Å². The molecule has 1 amide bonds. The number of carbonyl (C=O) groups excluding carboxylic acids is 3. The third kappa shape index (κ3) is 6.66. The van der Waals surface area contributed by atoms with Gasteiger partial charge < -0.3 is 4.74 Å². The molecular weight excluding hydrogens is 364 g/mol. The van der Waals surface area contributed by atoms with Crippen LogP contribution in [0.4, 0.5) is 0 Å². The molecule has 0 spiro atoms. The van der Waals surface area contributed by atoms with Crippen molar-refractivity contribution in [2.45, 2.75) is 33.1 Å². The maximum atomic E-state index is 13.0. The highest BCUT2D eigenvalue weighted by atomic mass is 32.2. The van der Waals surface area contributed by atoms with E-state index in [2.05, 4.69) is 0 Å². The number of carbonyl (C=O) groups is 3. The summed E-state index contributed by atoms with van der Waals surface area (Å²) < 4.78 is 5.03. The van der Waals surface area contributed by atoms with E-state index in [0.29, 0.717) is 11.3 Å². The fourth-order valence-electron chi connectivity index (χ4n) is 2.95. The number of nitrogens with zero attached hydrogens (tertiary/aromatic N) is 2. The summed E-state index contributed by atoms with van der Waals surface area (Å²) in [6.45, 7) is 5.28. The second-order valence-corrected chi connectivity index (χ2v) is 7.57. The normalized spacial score (nSPS) is 15.8. The number of piperidine rings is 1. The molecule has 1 unspecified atom stereocenters. The van der Waals surface area contributed by atoms with Gasteiger partial charge in [0.15, 0.2) is 0 Å². The van der Waals surface area contributed by atoms with Crippen LogP contribution in [-0.2, 0) is 14.3 Å². The Hall–Kier alpha value is -1.86. The Morgan fingerprint density at radius 1 is 1.15 bits per heavy atom. The lowest BCUT2D eigenvalue weighted by Crippen LogP contribution is -2.53. The van der Waals surface area contributed by atoms with Gasteiger partial charge in [-0.2, -0.15) is 0 Å². The Morgan fingerprint density at radius 3 is 2.44 bits per heavy atom. The van der Waals surface area contributed by atoms with Crippen molar-refractivity contribution in [3.05, 3.63) is 35.9 Å². The molecule has 0 radical (unpaired) electrons. The van der Waals surface area contributed by atoms with E-state index in [1.165, 1.54) is 5.01 Å². The SMILES string of the molecule is CCOC(=O)CN(C(=O)C(C)CSC(=O)c1ccccc1)N1CCCCC1. The minimum Gasteiger partial charge on any atom is -0.465 e. The van der Waals surface area contributed by atoms with Crippen LogP contribution < -0.4 is 0 Å². The summed E-state index contributed by atoms with van der Waals surface area (Å²) in [6.07, 6.45) is 3.14. The van der Waals surface area contributed by atoms with Crippen molar-refractivity contribution in [3.8, 4) is 0 Å². The average molecular weight is 393 g/mol. The van der Waals surface area contributed by atoms with Crippen LogP contribution in [0.25, 0.3) is 0 Å². The standard InChI is InChI=1S/C20H28N2O4S/c1-3-26-18(23)14-22(21-12-8-5-9-13-21)19(24)16(2)15-27-20(25)17-10-6-4-7-11-17/h4,6-7,10-11,16H,3,5,8-9,12-15H2,1-2H3. The van der Waals surface area contributed by atoms with E-state index in [1.54, 1.807) is 26.0 Å². The zero-order valence-electron chi connectivity index (χ0n) is 16.1. The van der Waals surface area contributed by atoms with Crippen molar-refractivity contribution in [2.75, 3.05) is 32.0 Å². The Bertz CT molecular complexity index is 632. The maximum absolute atomic E-state index is 13.0. The monoisotopic (exact) mass is 392 g/mol. The van der Waals surface area contributed by atoms with E-state index >= 15 is 0 Å². The highest BCUT2D eigenvalue weighted by Crippen LogP contribution is 2.19. The highest BCUT2D eigenvalue weighted by Gasteiger charge is 2.29. The van der Waals surface area contributed by atoms with Gasteiger partial charge in [0, 0.05) is 30.3 Å². The van der Waals surface area contributed by atoms with E-state index in [0.717, 1.165) is 44.1 Å². The topological polar surface area (TPSA) is 66.9 Å². The number of ether oxygens (including phenoxy) is 1. The molecule has 0 saturated carbocycles. The van der Waals surface area contributed by atoms with Gasteiger partial charge in [0.1, 0.15) is 6.54 Å². The van der Waals surface area contributed by atoms with Gasteiger partial charge >= 0.3 is 5.97 Å². The molecule has 1 aliphatic rings. The average Bonchev–Trinajstić information content (AvgIpc) is 2.71. The van der Waals surface area contributed by atoms with E-state index in [9.17, 15) is 14.4 Å². The molecule has 2 rings (SSSR count). The van der Waals surface area contributed by atoms with E-state index < -0.39 is 5.97 Å². The molecule has 1 fully saturated rings. The van der Waals surface area contributed by atoms with Crippen LogP contribution >= 0.6 is 11.8 Å². The molecule has 1 aliphatic heterocycles. The minimum absolute atomic E-state index is 0.0508. The van der Waals surface area contributed by atoms with Crippen LogP contribution in [0, 0.1) is 5.92 Å². The van der Waals surface area contributed by atoms with Crippen LogP contribution in [0.1, 0.15) is 43.5 Å². The smallest absolute Gasteiger partial charge is 0.327 e. The summed E-state index contributed by atoms with van der Waals surface area (Å²) in [6, 6.07) is 9.03. The predicted molar refractivity (Wildman–Crippen MR) is 106 cm³/mol. The second kappa shape index (κ2) is 11.1. The van der Waals surface area contributed by atoms with Gasteiger partial charge in [0.25, 0.3) is 0 Å². The maximum Gasteiger partial charge on any atom is 0.327 e. The van der Waals surface area contributed by atoms with Crippen molar-refractivity contribution in [1.29, 1.82) is 0 Å². The fraction of sp³-hybridized carbons (Fsp3) is 0.550. The number of hydrogen-bond acceptors (Lipinski definition) is 6. The van der Waals surface area contributed by atoms with Gasteiger partial charge in [0.05, 0.1) is 6.61 Å². The Morgan fingerprint density at radius 2 is 1.81 bits per heavy atom. The number of thioether (sulfide) groups is 1. The zero-order chi connectivity index (χ0) is 19.6. The quantitative estimate of drug-likeness (QED) is 0.634. The first-order chi connectivity index (χ1) is 13.0. The molecule has 7 heteroatoms. The van der Waals surface area contributed by atoms with Crippen LogP contribution in [0.3, 0.4) is 0 Å². The van der Waals surface area contributed by atoms with Crippen molar-refractivity contribution >= 4 is 28.8 Å². The molecule has 1 atom stereocenters. The molecule has 6 nitrogen and oxygen atoms in total.